The first-order chi connectivity index (χ1) is 15.6. The Labute approximate surface area is 192 Å². The van der Waals surface area contributed by atoms with Crippen LogP contribution in [0, 0.1) is 0 Å². The fraction of sp³-hybridized carbons (Fsp3) is 0.296. The van der Waals surface area contributed by atoms with Gasteiger partial charge in [-0.3, -0.25) is 13.9 Å². The molecule has 1 fully saturated rings. The Kier molecular flexibility index (Phi) is 7.30. The lowest BCUT2D eigenvalue weighted by Crippen LogP contribution is -2.60. The van der Waals surface area contributed by atoms with E-state index >= 15 is 0 Å². The van der Waals surface area contributed by atoms with E-state index in [9.17, 15) is 9.00 Å². The zero-order chi connectivity index (χ0) is 22.4. The summed E-state index contributed by atoms with van der Waals surface area (Å²) in [4.78, 5) is 17.3. The molecule has 0 N–H and O–H groups in total. The molecule has 0 radical (unpaired) electrons. The van der Waals surface area contributed by atoms with Gasteiger partial charge in [-0.2, -0.15) is 0 Å². The van der Waals surface area contributed by atoms with Gasteiger partial charge in [0.2, 0.25) is 0 Å². The standard InChI is InChI=1S/C27H29NO3S/c1-32(30)25-14-12-24(13-15-25)26(29)27(28-16-18-31-19-17-28,20-22-8-4-2-5-9-22)21-23-10-6-3-7-11-23/h2-15H,16-21H2,1H3. The van der Waals surface area contributed by atoms with E-state index in [2.05, 4.69) is 29.2 Å². The molecule has 1 atom stereocenters. The molecule has 0 bridgehead atoms. The second-order valence-electron chi connectivity index (χ2n) is 8.26. The number of carbonyl (C=O) groups excluding carboxylic acids is 1. The largest absolute Gasteiger partial charge is 0.379 e. The van der Waals surface area contributed by atoms with E-state index in [1.807, 2.05) is 48.5 Å². The first-order valence-corrected chi connectivity index (χ1v) is 12.5. The number of Topliss-reactive ketones (excluding diaryl/α,β-unsaturated/α-hetero) is 1. The number of hydrogen-bond donors (Lipinski definition) is 0. The van der Waals surface area contributed by atoms with Crippen LogP contribution in [-0.2, 0) is 28.4 Å². The topological polar surface area (TPSA) is 46.6 Å². The van der Waals surface area contributed by atoms with Gasteiger partial charge in [-0.05, 0) is 36.1 Å². The summed E-state index contributed by atoms with van der Waals surface area (Å²) in [5.74, 6) is 0.0977. The molecule has 5 heteroatoms. The first-order valence-electron chi connectivity index (χ1n) is 11.0. The molecule has 0 aliphatic carbocycles. The Morgan fingerprint density at radius 2 is 1.34 bits per heavy atom. The monoisotopic (exact) mass is 447 g/mol. The van der Waals surface area contributed by atoms with E-state index in [1.165, 1.54) is 0 Å². The first kappa shape index (κ1) is 22.6. The summed E-state index contributed by atoms with van der Waals surface area (Å²) >= 11 is 0. The highest BCUT2D eigenvalue weighted by Crippen LogP contribution is 2.31. The van der Waals surface area contributed by atoms with E-state index in [1.54, 1.807) is 18.4 Å². The van der Waals surface area contributed by atoms with Crippen LogP contribution in [0.4, 0.5) is 0 Å². The van der Waals surface area contributed by atoms with Crippen LogP contribution >= 0.6 is 0 Å². The lowest BCUT2D eigenvalue weighted by atomic mass is 9.77. The van der Waals surface area contributed by atoms with Gasteiger partial charge in [0.15, 0.2) is 5.78 Å². The molecule has 4 rings (SSSR count). The van der Waals surface area contributed by atoms with E-state index in [-0.39, 0.29) is 5.78 Å². The van der Waals surface area contributed by atoms with Gasteiger partial charge < -0.3 is 4.74 Å². The molecule has 1 aliphatic heterocycles. The summed E-state index contributed by atoms with van der Waals surface area (Å²) < 4.78 is 17.5. The number of ether oxygens (including phenoxy) is 1. The van der Waals surface area contributed by atoms with Gasteiger partial charge in [-0.15, -0.1) is 0 Å². The molecule has 1 saturated heterocycles. The Morgan fingerprint density at radius 3 is 1.81 bits per heavy atom. The minimum Gasteiger partial charge on any atom is -0.379 e. The highest BCUT2D eigenvalue weighted by Gasteiger charge is 2.44. The van der Waals surface area contributed by atoms with Crippen LogP contribution < -0.4 is 0 Å². The third kappa shape index (κ3) is 5.07. The van der Waals surface area contributed by atoms with Crippen molar-refractivity contribution < 1.29 is 13.7 Å². The molecule has 0 spiro atoms. The third-order valence-electron chi connectivity index (χ3n) is 6.17. The van der Waals surface area contributed by atoms with Gasteiger partial charge in [0.25, 0.3) is 0 Å². The molecular weight excluding hydrogens is 418 g/mol. The summed E-state index contributed by atoms with van der Waals surface area (Å²) in [6.45, 7) is 2.66. The third-order valence-corrected chi connectivity index (χ3v) is 7.10. The lowest BCUT2D eigenvalue weighted by molar-refractivity contribution is -0.0151. The minimum atomic E-state index is -1.08. The second-order valence-corrected chi connectivity index (χ2v) is 9.64. The van der Waals surface area contributed by atoms with Crippen molar-refractivity contribution in [3.8, 4) is 0 Å². The second kappa shape index (κ2) is 10.3. The fourth-order valence-electron chi connectivity index (χ4n) is 4.52. The molecule has 4 nitrogen and oxygen atoms in total. The van der Waals surface area contributed by atoms with Gasteiger partial charge in [0.05, 0.1) is 18.8 Å². The molecule has 1 heterocycles. The Balaban J connectivity index is 1.81. The van der Waals surface area contributed by atoms with Crippen LogP contribution in [0.1, 0.15) is 21.5 Å². The maximum Gasteiger partial charge on any atom is 0.183 e. The minimum absolute atomic E-state index is 0.0977. The highest BCUT2D eigenvalue weighted by molar-refractivity contribution is 7.84. The van der Waals surface area contributed by atoms with Crippen molar-refractivity contribution in [1.29, 1.82) is 0 Å². The lowest BCUT2D eigenvalue weighted by Gasteiger charge is -2.45. The molecule has 0 amide bonds. The number of ketones is 1. The zero-order valence-electron chi connectivity index (χ0n) is 18.4. The van der Waals surface area contributed by atoms with Crippen LogP contribution in [0.2, 0.25) is 0 Å². The van der Waals surface area contributed by atoms with Gasteiger partial charge in [0, 0.05) is 40.6 Å². The molecule has 166 valence electrons. The summed E-state index contributed by atoms with van der Waals surface area (Å²) in [7, 11) is -1.08. The summed E-state index contributed by atoms with van der Waals surface area (Å²) in [6.07, 6.45) is 2.88. The molecule has 1 aliphatic rings. The van der Waals surface area contributed by atoms with Gasteiger partial charge in [-0.25, -0.2) is 0 Å². The van der Waals surface area contributed by atoms with Crippen molar-refractivity contribution in [1.82, 2.24) is 4.90 Å². The van der Waals surface area contributed by atoms with Crippen LogP contribution in [0.15, 0.2) is 89.8 Å². The van der Waals surface area contributed by atoms with Crippen molar-refractivity contribution in [3.05, 3.63) is 102 Å². The molecule has 3 aromatic carbocycles. The summed E-state index contributed by atoms with van der Waals surface area (Å²) in [5.41, 5.74) is 2.18. The average molecular weight is 448 g/mol. The molecular formula is C27H29NO3S. The maximum absolute atomic E-state index is 14.3. The van der Waals surface area contributed by atoms with Gasteiger partial charge in [-0.1, -0.05) is 72.8 Å². The Hall–Kier alpha value is -2.60. The predicted octanol–water partition coefficient (Wildman–Crippen LogP) is 4.16. The van der Waals surface area contributed by atoms with Crippen molar-refractivity contribution in [2.45, 2.75) is 23.3 Å². The molecule has 0 aromatic heterocycles. The van der Waals surface area contributed by atoms with Crippen LogP contribution in [-0.4, -0.2) is 53.0 Å². The number of carbonyl (C=O) groups is 1. The van der Waals surface area contributed by atoms with Crippen molar-refractivity contribution >= 4 is 16.6 Å². The number of rotatable bonds is 8. The van der Waals surface area contributed by atoms with E-state index in [4.69, 9.17) is 4.74 Å². The molecule has 32 heavy (non-hydrogen) atoms. The molecule has 0 saturated carbocycles. The number of hydrogen-bond acceptors (Lipinski definition) is 4. The number of morpholine rings is 1. The smallest absolute Gasteiger partial charge is 0.183 e. The van der Waals surface area contributed by atoms with Crippen LogP contribution in [0.25, 0.3) is 0 Å². The summed E-state index contributed by atoms with van der Waals surface area (Å²) in [5, 5.41) is 0. The van der Waals surface area contributed by atoms with E-state index < -0.39 is 16.3 Å². The zero-order valence-corrected chi connectivity index (χ0v) is 19.2. The Morgan fingerprint density at radius 1 is 0.844 bits per heavy atom. The maximum atomic E-state index is 14.3. The van der Waals surface area contributed by atoms with E-state index in [0.29, 0.717) is 44.7 Å². The quantitative estimate of drug-likeness (QED) is 0.487. The van der Waals surface area contributed by atoms with Crippen LogP contribution in [0.3, 0.4) is 0 Å². The summed E-state index contributed by atoms with van der Waals surface area (Å²) in [6, 6.07) is 27.7. The Bertz CT molecular complexity index is 1000. The van der Waals surface area contributed by atoms with Gasteiger partial charge in [0.1, 0.15) is 0 Å². The van der Waals surface area contributed by atoms with Crippen molar-refractivity contribution in [2.75, 3.05) is 32.6 Å². The SMILES string of the molecule is CS(=O)c1ccc(C(=O)C(Cc2ccccc2)(Cc2ccccc2)N2CCOCC2)cc1. The van der Waals surface area contributed by atoms with Gasteiger partial charge >= 0.3 is 0 Å². The molecule has 3 aromatic rings. The predicted molar refractivity (Wildman–Crippen MR) is 129 cm³/mol. The van der Waals surface area contributed by atoms with Crippen molar-refractivity contribution in [2.24, 2.45) is 0 Å². The number of nitrogens with zero attached hydrogens (tertiary/aromatic N) is 1. The van der Waals surface area contributed by atoms with E-state index in [0.717, 1.165) is 16.0 Å². The van der Waals surface area contributed by atoms with Crippen LogP contribution in [0.5, 0.6) is 0 Å². The molecule has 1 unspecified atom stereocenters. The normalized spacial score (nSPS) is 15.9. The number of benzene rings is 3. The highest BCUT2D eigenvalue weighted by atomic mass is 32.2. The average Bonchev–Trinajstić information content (AvgIpc) is 2.85. The van der Waals surface area contributed by atoms with Crippen molar-refractivity contribution in [3.63, 3.8) is 0 Å². The fourth-order valence-corrected chi connectivity index (χ4v) is 5.03.